The molecule has 17 heavy (non-hydrogen) atoms. The highest BCUT2D eigenvalue weighted by molar-refractivity contribution is 6.31. The minimum atomic E-state index is -0.706. The molecule has 1 rings (SSSR count). The summed E-state index contributed by atoms with van der Waals surface area (Å²) in [6.45, 7) is 2.08. The summed E-state index contributed by atoms with van der Waals surface area (Å²) in [5, 5.41) is 11.5. The number of amides is 1. The third-order valence-electron chi connectivity index (χ3n) is 2.28. The van der Waals surface area contributed by atoms with E-state index in [9.17, 15) is 9.18 Å². The zero-order valence-electron chi connectivity index (χ0n) is 9.54. The zero-order chi connectivity index (χ0) is 12.8. The van der Waals surface area contributed by atoms with Crippen LogP contribution in [0.1, 0.15) is 30.1 Å². The van der Waals surface area contributed by atoms with Crippen LogP contribution in [-0.4, -0.2) is 23.7 Å². The van der Waals surface area contributed by atoms with Gasteiger partial charge in [0, 0.05) is 6.54 Å². The first-order chi connectivity index (χ1) is 8.02. The Balaban J connectivity index is 2.50. The molecule has 1 atom stereocenters. The largest absolute Gasteiger partial charge is 0.393 e. The number of hydrogen-bond acceptors (Lipinski definition) is 2. The van der Waals surface area contributed by atoms with Gasteiger partial charge in [-0.25, -0.2) is 4.39 Å². The minimum absolute atomic E-state index is 0.0606. The van der Waals surface area contributed by atoms with Crippen LogP contribution in [-0.2, 0) is 0 Å². The Labute approximate surface area is 105 Å². The van der Waals surface area contributed by atoms with Gasteiger partial charge in [-0.1, -0.05) is 17.7 Å². The maximum absolute atomic E-state index is 13.5. The van der Waals surface area contributed by atoms with Crippen molar-refractivity contribution in [3.05, 3.63) is 34.6 Å². The third kappa shape index (κ3) is 4.32. The van der Waals surface area contributed by atoms with Gasteiger partial charge >= 0.3 is 0 Å². The third-order valence-corrected chi connectivity index (χ3v) is 2.57. The Morgan fingerprint density at radius 3 is 2.94 bits per heavy atom. The van der Waals surface area contributed by atoms with Gasteiger partial charge in [0.05, 0.1) is 16.7 Å². The van der Waals surface area contributed by atoms with Crippen LogP contribution in [0.2, 0.25) is 5.02 Å². The van der Waals surface area contributed by atoms with Crippen LogP contribution in [0.3, 0.4) is 0 Å². The normalized spacial score (nSPS) is 12.2. The lowest BCUT2D eigenvalue weighted by Crippen LogP contribution is -2.26. The van der Waals surface area contributed by atoms with Gasteiger partial charge < -0.3 is 10.4 Å². The molecule has 0 fully saturated rings. The molecule has 0 aliphatic heterocycles. The van der Waals surface area contributed by atoms with E-state index in [1.165, 1.54) is 18.2 Å². The lowest BCUT2D eigenvalue weighted by molar-refractivity contribution is 0.0945. The Morgan fingerprint density at radius 2 is 2.29 bits per heavy atom. The van der Waals surface area contributed by atoms with Gasteiger partial charge in [0.2, 0.25) is 0 Å². The fourth-order valence-corrected chi connectivity index (χ4v) is 1.55. The van der Waals surface area contributed by atoms with Crippen molar-refractivity contribution in [2.45, 2.75) is 25.9 Å². The van der Waals surface area contributed by atoms with Crippen LogP contribution >= 0.6 is 11.6 Å². The van der Waals surface area contributed by atoms with Gasteiger partial charge in [-0.3, -0.25) is 4.79 Å². The molecule has 5 heteroatoms. The van der Waals surface area contributed by atoms with Crippen molar-refractivity contribution >= 4 is 17.5 Å². The topological polar surface area (TPSA) is 49.3 Å². The number of hydrogen-bond donors (Lipinski definition) is 2. The molecule has 1 aromatic carbocycles. The van der Waals surface area contributed by atoms with E-state index in [0.29, 0.717) is 19.4 Å². The first-order valence-electron chi connectivity index (χ1n) is 5.42. The minimum Gasteiger partial charge on any atom is -0.393 e. The summed E-state index contributed by atoms with van der Waals surface area (Å²) < 4.78 is 13.5. The first-order valence-corrected chi connectivity index (χ1v) is 5.80. The molecule has 0 aromatic heterocycles. The Morgan fingerprint density at radius 1 is 1.59 bits per heavy atom. The molecule has 2 N–H and O–H groups in total. The monoisotopic (exact) mass is 259 g/mol. The number of rotatable bonds is 5. The molecule has 1 amide bonds. The molecule has 0 saturated heterocycles. The highest BCUT2D eigenvalue weighted by Crippen LogP contribution is 2.17. The van der Waals surface area contributed by atoms with E-state index in [1.807, 2.05) is 0 Å². The predicted octanol–water partition coefficient (Wildman–Crippen LogP) is 2.37. The molecule has 0 spiro atoms. The molecule has 0 bridgehead atoms. The van der Waals surface area contributed by atoms with Crippen molar-refractivity contribution in [3.63, 3.8) is 0 Å². The number of carbonyl (C=O) groups is 1. The van der Waals surface area contributed by atoms with Gasteiger partial charge in [-0.15, -0.1) is 0 Å². The van der Waals surface area contributed by atoms with E-state index in [0.717, 1.165) is 0 Å². The smallest absolute Gasteiger partial charge is 0.254 e. The van der Waals surface area contributed by atoms with Crippen LogP contribution < -0.4 is 5.32 Å². The standard InChI is InChI=1S/C12H15ClFNO2/c1-8(16)4-3-7-15-12(17)9-5-2-6-10(13)11(9)14/h2,5-6,8,16H,3-4,7H2,1H3,(H,15,17). The van der Waals surface area contributed by atoms with E-state index < -0.39 is 17.8 Å². The second kappa shape index (κ2) is 6.57. The number of nitrogens with one attached hydrogen (secondary N) is 1. The first kappa shape index (κ1) is 13.9. The SMILES string of the molecule is CC(O)CCCNC(=O)c1cccc(Cl)c1F. The summed E-state index contributed by atoms with van der Waals surface area (Å²) in [6.07, 6.45) is 0.846. The molecule has 1 unspecified atom stereocenters. The van der Waals surface area contributed by atoms with Gasteiger partial charge in [0.1, 0.15) is 0 Å². The van der Waals surface area contributed by atoms with Crippen LogP contribution in [0.5, 0.6) is 0 Å². The fourth-order valence-electron chi connectivity index (χ4n) is 1.37. The van der Waals surface area contributed by atoms with Crippen molar-refractivity contribution in [3.8, 4) is 0 Å². The summed E-state index contributed by atoms with van der Waals surface area (Å²) in [6, 6.07) is 4.29. The van der Waals surface area contributed by atoms with Gasteiger partial charge in [0.25, 0.3) is 5.91 Å². The molecule has 0 aliphatic rings. The molecule has 0 saturated carbocycles. The molecular weight excluding hydrogens is 245 g/mol. The van der Waals surface area contributed by atoms with E-state index in [-0.39, 0.29) is 10.6 Å². The number of carbonyl (C=O) groups excluding carboxylic acids is 1. The lowest BCUT2D eigenvalue weighted by Gasteiger charge is -2.07. The Bertz CT molecular complexity index is 396. The van der Waals surface area contributed by atoms with Crippen LogP contribution in [0.4, 0.5) is 4.39 Å². The maximum Gasteiger partial charge on any atom is 0.254 e. The summed E-state index contributed by atoms with van der Waals surface area (Å²) in [5.74, 6) is -1.20. The molecular formula is C12H15ClFNO2. The maximum atomic E-state index is 13.5. The molecule has 94 valence electrons. The van der Waals surface area contributed by atoms with Crippen molar-refractivity contribution in [1.82, 2.24) is 5.32 Å². The second-order valence-corrected chi connectivity index (χ2v) is 4.26. The molecule has 1 aromatic rings. The van der Waals surface area contributed by atoms with E-state index in [4.69, 9.17) is 16.7 Å². The highest BCUT2D eigenvalue weighted by atomic mass is 35.5. The van der Waals surface area contributed by atoms with Crippen LogP contribution in [0, 0.1) is 5.82 Å². The quantitative estimate of drug-likeness (QED) is 0.798. The van der Waals surface area contributed by atoms with E-state index in [2.05, 4.69) is 5.32 Å². The molecule has 0 heterocycles. The van der Waals surface area contributed by atoms with Crippen molar-refractivity contribution < 1.29 is 14.3 Å². The predicted molar refractivity (Wildman–Crippen MR) is 64.7 cm³/mol. The average molecular weight is 260 g/mol. The van der Waals surface area contributed by atoms with Crippen molar-refractivity contribution in [1.29, 1.82) is 0 Å². The zero-order valence-corrected chi connectivity index (χ0v) is 10.3. The molecule has 3 nitrogen and oxygen atoms in total. The van der Waals surface area contributed by atoms with Crippen LogP contribution in [0.15, 0.2) is 18.2 Å². The average Bonchev–Trinajstić information content (AvgIpc) is 2.27. The van der Waals surface area contributed by atoms with E-state index in [1.54, 1.807) is 6.92 Å². The van der Waals surface area contributed by atoms with E-state index >= 15 is 0 Å². The fraction of sp³-hybridized carbons (Fsp3) is 0.417. The van der Waals surface area contributed by atoms with Crippen LogP contribution in [0.25, 0.3) is 0 Å². The number of halogens is 2. The summed E-state index contributed by atoms with van der Waals surface area (Å²) in [5.41, 5.74) is -0.0606. The Hall–Kier alpha value is -1.13. The van der Waals surface area contributed by atoms with Crippen molar-refractivity contribution in [2.24, 2.45) is 0 Å². The summed E-state index contributed by atoms with van der Waals surface area (Å²) >= 11 is 5.57. The van der Waals surface area contributed by atoms with Gasteiger partial charge in [-0.05, 0) is 31.9 Å². The van der Waals surface area contributed by atoms with Gasteiger partial charge in [-0.2, -0.15) is 0 Å². The van der Waals surface area contributed by atoms with Crippen molar-refractivity contribution in [2.75, 3.05) is 6.54 Å². The highest BCUT2D eigenvalue weighted by Gasteiger charge is 2.13. The molecule has 0 radical (unpaired) electrons. The second-order valence-electron chi connectivity index (χ2n) is 3.85. The molecule has 0 aliphatic carbocycles. The lowest BCUT2D eigenvalue weighted by atomic mass is 10.2. The number of benzene rings is 1. The van der Waals surface area contributed by atoms with Gasteiger partial charge in [0.15, 0.2) is 5.82 Å². The summed E-state index contributed by atoms with van der Waals surface area (Å²) in [4.78, 5) is 11.6. The number of aliphatic hydroxyl groups is 1. The number of aliphatic hydroxyl groups excluding tert-OH is 1. The summed E-state index contributed by atoms with van der Waals surface area (Å²) in [7, 11) is 0. The Kier molecular flexibility index (Phi) is 5.38.